The Kier molecular flexibility index (Phi) is 6.75. The highest BCUT2D eigenvalue weighted by Crippen LogP contribution is 2.42. The topological polar surface area (TPSA) is 58.5 Å². The predicted octanol–water partition coefficient (Wildman–Crippen LogP) is 13.5. The van der Waals surface area contributed by atoms with Gasteiger partial charge in [-0.2, -0.15) is 0 Å². The quantitative estimate of drug-likeness (QED) is 0.162. The van der Waals surface area contributed by atoms with Gasteiger partial charge in [0.15, 0.2) is 0 Å². The van der Waals surface area contributed by atoms with Crippen molar-refractivity contribution in [2.24, 2.45) is 0 Å². The summed E-state index contributed by atoms with van der Waals surface area (Å²) >= 11 is 0. The Morgan fingerprint density at radius 1 is 0.315 bits per heavy atom. The smallest absolute Gasteiger partial charge is 0.227 e. The van der Waals surface area contributed by atoms with E-state index >= 15 is 0 Å². The van der Waals surface area contributed by atoms with Crippen molar-refractivity contribution in [2.75, 3.05) is 9.80 Å². The van der Waals surface area contributed by atoms with Gasteiger partial charge in [-0.05, 0) is 119 Å². The third-order valence-electron chi connectivity index (χ3n) is 10.3. The van der Waals surface area contributed by atoms with Gasteiger partial charge in [0.25, 0.3) is 0 Å². The Hall–Kier alpha value is -7.44. The minimum atomic E-state index is 0.647. The number of benzene rings is 7. The molecule has 4 heterocycles. The van der Waals surface area contributed by atoms with Crippen LogP contribution in [0.1, 0.15) is 0 Å². The fourth-order valence-corrected chi connectivity index (χ4v) is 7.85. The van der Waals surface area contributed by atoms with Gasteiger partial charge in [-0.3, -0.25) is 0 Å². The summed E-state index contributed by atoms with van der Waals surface area (Å²) in [6.07, 6.45) is 3.53. The molecule has 0 spiro atoms. The van der Waals surface area contributed by atoms with Gasteiger partial charge in [0.05, 0.1) is 0 Å². The maximum atomic E-state index is 6.20. The van der Waals surface area contributed by atoms with Crippen LogP contribution in [0.2, 0.25) is 0 Å². The molecule has 6 heteroatoms. The number of furan rings is 2. The maximum absolute atomic E-state index is 6.20. The van der Waals surface area contributed by atoms with Crippen molar-refractivity contribution in [3.63, 3.8) is 0 Å². The molecule has 6 nitrogen and oxygen atoms in total. The van der Waals surface area contributed by atoms with Crippen molar-refractivity contribution in [3.05, 3.63) is 182 Å². The molecule has 0 saturated carbocycles. The average Bonchev–Trinajstić information content (AvgIpc) is 3.79. The zero-order valence-corrected chi connectivity index (χ0v) is 28.9. The van der Waals surface area contributed by atoms with Gasteiger partial charge in [-0.25, -0.2) is 9.97 Å². The molecule has 54 heavy (non-hydrogen) atoms. The molecular formula is C48H30N4O2. The van der Waals surface area contributed by atoms with Crippen LogP contribution in [-0.4, -0.2) is 9.97 Å². The number of para-hydroxylation sites is 2. The van der Waals surface area contributed by atoms with E-state index < -0.39 is 0 Å². The first kappa shape index (κ1) is 30.2. The van der Waals surface area contributed by atoms with E-state index in [0.717, 1.165) is 77.6 Å². The summed E-state index contributed by atoms with van der Waals surface area (Å²) in [6, 6.07) is 59.6. The van der Waals surface area contributed by atoms with E-state index in [1.807, 2.05) is 24.3 Å². The summed E-state index contributed by atoms with van der Waals surface area (Å²) in [4.78, 5) is 13.4. The molecule has 0 fully saturated rings. The first-order chi connectivity index (χ1) is 26.7. The van der Waals surface area contributed by atoms with E-state index in [2.05, 4.69) is 165 Å². The lowest BCUT2D eigenvalue weighted by Gasteiger charge is -2.26. The van der Waals surface area contributed by atoms with E-state index in [4.69, 9.17) is 8.83 Å². The Bertz CT molecular complexity index is 2970. The van der Waals surface area contributed by atoms with Crippen molar-refractivity contribution in [3.8, 4) is 0 Å². The first-order valence-electron chi connectivity index (χ1n) is 18.0. The Morgan fingerprint density at radius 3 is 1.17 bits per heavy atom. The monoisotopic (exact) mass is 694 g/mol. The third kappa shape index (κ3) is 4.89. The molecule has 0 saturated heterocycles. The summed E-state index contributed by atoms with van der Waals surface area (Å²) in [5.41, 5.74) is 9.18. The van der Waals surface area contributed by atoms with Gasteiger partial charge in [-0.15, -0.1) is 0 Å². The number of hydrogen-bond donors (Lipinski definition) is 0. The van der Waals surface area contributed by atoms with E-state index in [-0.39, 0.29) is 0 Å². The predicted molar refractivity (Wildman–Crippen MR) is 221 cm³/mol. The van der Waals surface area contributed by atoms with Crippen LogP contribution in [0.25, 0.3) is 65.7 Å². The molecule has 0 amide bonds. The lowest BCUT2D eigenvalue weighted by molar-refractivity contribution is 0.653. The van der Waals surface area contributed by atoms with Crippen molar-refractivity contribution in [2.45, 2.75) is 0 Å². The lowest BCUT2D eigenvalue weighted by atomic mass is 10.00. The molecule has 0 unspecified atom stereocenters. The Morgan fingerprint density at radius 2 is 0.722 bits per heavy atom. The zero-order valence-electron chi connectivity index (χ0n) is 28.9. The van der Waals surface area contributed by atoms with Crippen LogP contribution >= 0.6 is 0 Å². The second-order valence-corrected chi connectivity index (χ2v) is 13.5. The molecule has 0 radical (unpaired) electrons. The molecule has 0 aliphatic rings. The van der Waals surface area contributed by atoms with Crippen LogP contribution in [0.3, 0.4) is 0 Å². The van der Waals surface area contributed by atoms with E-state index in [0.29, 0.717) is 11.4 Å². The second-order valence-electron chi connectivity index (χ2n) is 13.5. The molecular weight excluding hydrogens is 665 g/mol. The fraction of sp³-hybridized carbons (Fsp3) is 0. The van der Waals surface area contributed by atoms with Crippen LogP contribution in [0.15, 0.2) is 191 Å². The molecule has 7 aromatic carbocycles. The molecule has 11 aromatic rings. The summed E-state index contributed by atoms with van der Waals surface area (Å²) in [7, 11) is 0. The Balaban J connectivity index is 1.01. The lowest BCUT2D eigenvalue weighted by Crippen LogP contribution is -2.10. The molecule has 254 valence electrons. The van der Waals surface area contributed by atoms with Gasteiger partial charge in [0, 0.05) is 80.2 Å². The minimum Gasteiger partial charge on any atom is -0.438 e. The van der Waals surface area contributed by atoms with Crippen molar-refractivity contribution >= 4 is 99.8 Å². The number of fused-ring (bicyclic) bond motifs is 9. The first-order valence-corrected chi connectivity index (χ1v) is 18.0. The standard InChI is InChI=1S/C48H30N4O2/c1-3-9-33(10-4-1)51(37-19-23-41-43-13-7-25-49-47(43)53-45(41)29-37)35-17-21-39-31(27-35)15-16-32-28-36(18-22-40(32)39)52(34-11-5-2-6-12-34)38-20-24-42-44-14-8-26-50-48(44)54-46(42)30-38/h1-30H. The SMILES string of the molecule is c1ccc(N(c2ccc3c(ccc4cc(N(c5ccccc5)c5ccc6c(c5)oc5ncccc56)ccc43)c2)c2ccc3c(c2)oc2ncccc23)cc1. The molecule has 0 N–H and O–H groups in total. The molecule has 0 aliphatic carbocycles. The van der Waals surface area contributed by atoms with Crippen LogP contribution in [0, 0.1) is 0 Å². The fourth-order valence-electron chi connectivity index (χ4n) is 7.85. The minimum absolute atomic E-state index is 0.647. The van der Waals surface area contributed by atoms with Crippen molar-refractivity contribution < 1.29 is 8.83 Å². The summed E-state index contributed by atoms with van der Waals surface area (Å²) in [6.45, 7) is 0. The highest BCUT2D eigenvalue weighted by molar-refractivity contribution is 6.10. The number of aromatic nitrogens is 2. The molecule has 4 aromatic heterocycles. The van der Waals surface area contributed by atoms with Crippen LogP contribution in [0.4, 0.5) is 34.1 Å². The molecule has 11 rings (SSSR count). The van der Waals surface area contributed by atoms with Crippen LogP contribution in [-0.2, 0) is 0 Å². The van der Waals surface area contributed by atoms with E-state index in [1.165, 1.54) is 10.8 Å². The summed E-state index contributed by atoms with van der Waals surface area (Å²) in [5.74, 6) is 0. The van der Waals surface area contributed by atoms with Gasteiger partial charge in [0.2, 0.25) is 11.4 Å². The number of anilines is 6. The molecule has 0 atom stereocenters. The summed E-state index contributed by atoms with van der Waals surface area (Å²) in [5, 5.41) is 8.84. The number of hydrogen-bond acceptors (Lipinski definition) is 6. The Labute approximate surface area is 309 Å². The second kappa shape index (κ2) is 12.1. The third-order valence-corrected chi connectivity index (χ3v) is 10.3. The molecule has 0 bridgehead atoms. The highest BCUT2D eigenvalue weighted by atomic mass is 16.3. The zero-order chi connectivity index (χ0) is 35.6. The summed E-state index contributed by atoms with van der Waals surface area (Å²) < 4.78 is 12.4. The van der Waals surface area contributed by atoms with Crippen molar-refractivity contribution in [1.29, 1.82) is 0 Å². The number of nitrogens with zero attached hydrogens (tertiary/aromatic N) is 4. The van der Waals surface area contributed by atoms with Gasteiger partial charge >= 0.3 is 0 Å². The van der Waals surface area contributed by atoms with Gasteiger partial charge < -0.3 is 18.6 Å². The number of pyridine rings is 2. The van der Waals surface area contributed by atoms with E-state index in [9.17, 15) is 0 Å². The van der Waals surface area contributed by atoms with Crippen LogP contribution in [0.5, 0.6) is 0 Å². The highest BCUT2D eigenvalue weighted by Gasteiger charge is 2.19. The van der Waals surface area contributed by atoms with Crippen molar-refractivity contribution in [1.82, 2.24) is 9.97 Å². The normalized spacial score (nSPS) is 11.7. The molecule has 0 aliphatic heterocycles. The number of rotatable bonds is 6. The van der Waals surface area contributed by atoms with E-state index in [1.54, 1.807) is 12.4 Å². The van der Waals surface area contributed by atoms with Gasteiger partial charge in [-0.1, -0.05) is 60.7 Å². The maximum Gasteiger partial charge on any atom is 0.227 e. The average molecular weight is 695 g/mol. The largest absolute Gasteiger partial charge is 0.438 e. The van der Waals surface area contributed by atoms with Crippen LogP contribution < -0.4 is 9.80 Å². The van der Waals surface area contributed by atoms with Gasteiger partial charge in [0.1, 0.15) is 11.2 Å².